The van der Waals surface area contributed by atoms with Gasteiger partial charge in [0, 0.05) is 6.54 Å². The lowest BCUT2D eigenvalue weighted by Crippen LogP contribution is -2.26. The van der Waals surface area contributed by atoms with E-state index in [1.807, 2.05) is 0 Å². The van der Waals surface area contributed by atoms with Crippen LogP contribution in [0.25, 0.3) is 5.82 Å². The molecule has 1 fully saturated rings. The summed E-state index contributed by atoms with van der Waals surface area (Å²) in [7, 11) is 0. The molecule has 1 amide bonds. The summed E-state index contributed by atoms with van der Waals surface area (Å²) in [6.07, 6.45) is 3.63. The minimum absolute atomic E-state index is 0.0195. The Morgan fingerprint density at radius 3 is 2.65 bits per heavy atom. The van der Waals surface area contributed by atoms with E-state index in [0.29, 0.717) is 26.7 Å². The number of aromatic nitrogens is 5. The summed E-state index contributed by atoms with van der Waals surface area (Å²) in [4.78, 5) is 15.2. The predicted molar refractivity (Wildman–Crippen MR) is 117 cm³/mol. The summed E-state index contributed by atoms with van der Waals surface area (Å²) < 4.78 is 6.79. The average molecular weight is 555 g/mol. The zero-order valence-electron chi connectivity index (χ0n) is 16.0. The van der Waals surface area contributed by atoms with Gasteiger partial charge in [-0.05, 0) is 85.8 Å². The number of halogens is 2. The van der Waals surface area contributed by atoms with Gasteiger partial charge in [0.05, 0.1) is 15.2 Å². The molecular weight excluding hydrogens is 538 g/mol. The SMILES string of the molecule is Nc1nonc1-n1nnc(CN2CCCC2)c1C(=O)N/N=C\c1cc(Br)c(O)c(Br)c1. The van der Waals surface area contributed by atoms with Gasteiger partial charge in [0.1, 0.15) is 11.4 Å². The Kier molecular flexibility index (Phi) is 6.29. The molecule has 1 aliphatic rings. The first-order chi connectivity index (χ1) is 14.9. The minimum Gasteiger partial charge on any atom is -0.506 e. The number of rotatable bonds is 6. The van der Waals surface area contributed by atoms with Crippen molar-refractivity contribution in [1.29, 1.82) is 0 Å². The van der Waals surface area contributed by atoms with E-state index in [9.17, 15) is 9.90 Å². The molecule has 1 saturated heterocycles. The van der Waals surface area contributed by atoms with Gasteiger partial charge < -0.3 is 10.8 Å². The van der Waals surface area contributed by atoms with Crippen molar-refractivity contribution < 1.29 is 14.5 Å². The van der Waals surface area contributed by atoms with E-state index >= 15 is 0 Å². The molecule has 0 spiro atoms. The number of hydrogen-bond acceptors (Lipinski definition) is 10. The molecule has 162 valence electrons. The number of nitrogens with two attached hydrogens (primary N) is 1. The van der Waals surface area contributed by atoms with Crippen molar-refractivity contribution in [3.63, 3.8) is 0 Å². The van der Waals surface area contributed by atoms with E-state index in [1.54, 1.807) is 12.1 Å². The molecule has 0 aliphatic carbocycles. The van der Waals surface area contributed by atoms with Crippen LogP contribution in [0.3, 0.4) is 0 Å². The monoisotopic (exact) mass is 553 g/mol. The van der Waals surface area contributed by atoms with Crippen molar-refractivity contribution in [2.24, 2.45) is 5.10 Å². The van der Waals surface area contributed by atoms with Gasteiger partial charge in [-0.15, -0.1) is 5.10 Å². The molecule has 2 aromatic heterocycles. The molecule has 0 unspecified atom stereocenters. The van der Waals surface area contributed by atoms with Gasteiger partial charge in [-0.1, -0.05) is 5.21 Å². The number of amides is 1. The van der Waals surface area contributed by atoms with Crippen LogP contribution >= 0.6 is 31.9 Å². The fourth-order valence-electron chi connectivity index (χ4n) is 3.16. The van der Waals surface area contributed by atoms with Crippen LogP contribution in [-0.2, 0) is 6.54 Å². The highest BCUT2D eigenvalue weighted by atomic mass is 79.9. The number of hydrogen-bond donors (Lipinski definition) is 3. The second-order valence-electron chi connectivity index (χ2n) is 6.79. The Morgan fingerprint density at radius 1 is 1.29 bits per heavy atom. The van der Waals surface area contributed by atoms with Crippen molar-refractivity contribution in [3.8, 4) is 11.6 Å². The standard InChI is InChI=1S/C17H17Br2N9O3/c18-10-5-9(6-11(19)14(10)29)7-21-23-17(30)13-12(8-27-3-1-2-4-27)22-26-28(13)16-15(20)24-31-25-16/h5-7,29H,1-4,8H2,(H2,20,24)(H,23,30)/b21-7-. The highest BCUT2D eigenvalue weighted by Gasteiger charge is 2.26. The summed E-state index contributed by atoms with van der Waals surface area (Å²) in [5.41, 5.74) is 9.49. The molecule has 0 atom stereocenters. The molecular formula is C17H17Br2N9O3. The smallest absolute Gasteiger partial charge is 0.292 e. The van der Waals surface area contributed by atoms with Crippen molar-refractivity contribution in [2.75, 3.05) is 18.8 Å². The number of phenols is 1. The largest absolute Gasteiger partial charge is 0.506 e. The number of benzene rings is 1. The van der Waals surface area contributed by atoms with Gasteiger partial charge in [0.2, 0.25) is 11.6 Å². The molecule has 0 saturated carbocycles. The highest BCUT2D eigenvalue weighted by Crippen LogP contribution is 2.32. The first-order valence-electron chi connectivity index (χ1n) is 9.20. The number of anilines is 1. The topological polar surface area (TPSA) is 161 Å². The van der Waals surface area contributed by atoms with E-state index in [1.165, 1.54) is 10.9 Å². The van der Waals surface area contributed by atoms with Crippen molar-refractivity contribution >= 4 is 49.8 Å². The summed E-state index contributed by atoms with van der Waals surface area (Å²) in [6, 6.07) is 3.31. The number of aromatic hydroxyl groups is 1. The Morgan fingerprint density at radius 2 is 2.00 bits per heavy atom. The van der Waals surface area contributed by atoms with Crippen LogP contribution < -0.4 is 11.2 Å². The third kappa shape index (κ3) is 4.60. The van der Waals surface area contributed by atoms with Gasteiger partial charge in [-0.25, -0.2) is 10.1 Å². The normalized spacial score (nSPS) is 14.5. The third-order valence-electron chi connectivity index (χ3n) is 4.64. The van der Waals surface area contributed by atoms with Crippen LogP contribution in [0.1, 0.15) is 34.6 Å². The third-order valence-corrected chi connectivity index (χ3v) is 5.85. The lowest BCUT2D eigenvalue weighted by molar-refractivity contribution is 0.0945. The summed E-state index contributed by atoms with van der Waals surface area (Å²) in [6.45, 7) is 2.30. The fourth-order valence-corrected chi connectivity index (χ4v) is 4.39. The van der Waals surface area contributed by atoms with Gasteiger partial charge in [-0.3, -0.25) is 9.69 Å². The van der Waals surface area contributed by atoms with Gasteiger partial charge in [-0.2, -0.15) is 9.78 Å². The van der Waals surface area contributed by atoms with E-state index in [-0.39, 0.29) is 23.1 Å². The molecule has 1 aromatic carbocycles. The van der Waals surface area contributed by atoms with Gasteiger partial charge >= 0.3 is 0 Å². The molecule has 4 rings (SSSR count). The molecule has 12 nitrogen and oxygen atoms in total. The van der Waals surface area contributed by atoms with Gasteiger partial charge in [0.15, 0.2) is 5.69 Å². The predicted octanol–water partition coefficient (Wildman–Crippen LogP) is 1.82. The first-order valence-corrected chi connectivity index (χ1v) is 10.8. The van der Waals surface area contributed by atoms with Crippen LogP contribution in [0.5, 0.6) is 5.75 Å². The number of nitrogen functional groups attached to an aromatic ring is 1. The molecule has 3 aromatic rings. The van der Waals surface area contributed by atoms with E-state index < -0.39 is 5.91 Å². The Bertz CT molecular complexity index is 1110. The molecule has 1 aliphatic heterocycles. The van der Waals surface area contributed by atoms with Crippen LogP contribution in [0.4, 0.5) is 5.82 Å². The summed E-state index contributed by atoms with van der Waals surface area (Å²) in [5.74, 6) is -0.425. The van der Waals surface area contributed by atoms with E-state index in [4.69, 9.17) is 5.73 Å². The highest BCUT2D eigenvalue weighted by molar-refractivity contribution is 9.11. The van der Waals surface area contributed by atoms with Crippen LogP contribution in [-0.4, -0.2) is 60.5 Å². The zero-order chi connectivity index (χ0) is 22.0. The Labute approximate surface area is 192 Å². The quantitative estimate of drug-likeness (QED) is 0.305. The molecule has 14 heteroatoms. The molecule has 31 heavy (non-hydrogen) atoms. The van der Waals surface area contributed by atoms with Crippen molar-refractivity contribution in [2.45, 2.75) is 19.4 Å². The summed E-state index contributed by atoms with van der Waals surface area (Å²) >= 11 is 6.50. The summed E-state index contributed by atoms with van der Waals surface area (Å²) in [5, 5.41) is 29.2. The Hall–Kier alpha value is -2.84. The number of carbonyl (C=O) groups excluding carboxylic acids is 1. The number of nitrogens with one attached hydrogen (secondary N) is 1. The number of likely N-dealkylation sites (tertiary alicyclic amines) is 1. The number of hydrazone groups is 1. The second-order valence-corrected chi connectivity index (χ2v) is 8.49. The van der Waals surface area contributed by atoms with E-state index in [0.717, 1.165) is 25.9 Å². The second kappa shape index (κ2) is 9.11. The van der Waals surface area contributed by atoms with Gasteiger partial charge in [0.25, 0.3) is 5.91 Å². The maximum Gasteiger partial charge on any atom is 0.292 e. The molecule has 3 heterocycles. The van der Waals surface area contributed by atoms with Crippen molar-refractivity contribution in [3.05, 3.63) is 38.0 Å². The maximum absolute atomic E-state index is 13.0. The number of nitrogens with zero attached hydrogens (tertiary/aromatic N) is 7. The van der Waals surface area contributed by atoms with Crippen molar-refractivity contribution in [1.82, 2.24) is 35.6 Å². The fraction of sp³-hybridized carbons (Fsp3) is 0.294. The number of carbonyl (C=O) groups is 1. The van der Waals surface area contributed by atoms with Crippen LogP contribution in [0.15, 0.2) is 30.8 Å². The van der Waals surface area contributed by atoms with E-state index in [2.05, 4.69) is 72.5 Å². The lowest BCUT2D eigenvalue weighted by atomic mass is 10.2. The van der Waals surface area contributed by atoms with Crippen LogP contribution in [0.2, 0.25) is 0 Å². The zero-order valence-corrected chi connectivity index (χ0v) is 19.2. The Balaban J connectivity index is 1.59. The van der Waals surface area contributed by atoms with Crippen LogP contribution in [0, 0.1) is 0 Å². The molecule has 0 bridgehead atoms. The lowest BCUT2D eigenvalue weighted by Gasteiger charge is -2.13. The number of phenolic OH excluding ortho intramolecular Hbond substituents is 1. The first kappa shape index (κ1) is 21.4. The molecule has 0 radical (unpaired) electrons. The average Bonchev–Trinajstić information content (AvgIpc) is 3.47. The molecule has 4 N–H and O–H groups in total. The minimum atomic E-state index is -0.547. The maximum atomic E-state index is 13.0.